The third-order valence-corrected chi connectivity index (χ3v) is 2.81. The van der Waals surface area contributed by atoms with Crippen molar-refractivity contribution < 1.29 is 4.79 Å². The number of hydrogen-bond donors (Lipinski definition) is 0. The zero-order chi connectivity index (χ0) is 10.7. The second-order valence-corrected chi connectivity index (χ2v) is 5.99. The number of rotatable bonds is 5. The Morgan fingerprint density at radius 1 is 1.23 bits per heavy atom. The number of Topliss-reactive ketones (excluding diaryl/α,β-unsaturated/α-hetero) is 1. The summed E-state index contributed by atoms with van der Waals surface area (Å²) < 4.78 is 0. The van der Waals surface area contributed by atoms with Crippen molar-refractivity contribution in [1.29, 1.82) is 0 Å². The zero-order valence-electron chi connectivity index (χ0n) is 9.42. The number of hydrogen-bond acceptors (Lipinski definition) is 3. The SMILES string of the molecule is CC(=O)CCCC(C)C.CSSC. The lowest BCUT2D eigenvalue weighted by Crippen LogP contribution is -1.92. The van der Waals surface area contributed by atoms with Crippen molar-refractivity contribution in [3.05, 3.63) is 0 Å². The van der Waals surface area contributed by atoms with Gasteiger partial charge < -0.3 is 4.79 Å². The van der Waals surface area contributed by atoms with Crippen LogP contribution in [0.4, 0.5) is 0 Å². The highest BCUT2D eigenvalue weighted by molar-refractivity contribution is 8.76. The molecule has 0 spiro atoms. The maximum absolute atomic E-state index is 10.4. The van der Waals surface area contributed by atoms with Gasteiger partial charge in [-0.1, -0.05) is 41.9 Å². The predicted octanol–water partition coefficient (Wildman–Crippen LogP) is 4.03. The molecule has 0 aromatic carbocycles. The second kappa shape index (κ2) is 12.4. The van der Waals surface area contributed by atoms with Crippen LogP contribution < -0.4 is 0 Å². The Bertz CT molecular complexity index is 111. The van der Waals surface area contributed by atoms with Crippen LogP contribution in [0.2, 0.25) is 0 Å². The van der Waals surface area contributed by atoms with E-state index in [1.54, 1.807) is 28.5 Å². The van der Waals surface area contributed by atoms with Gasteiger partial charge in [-0.25, -0.2) is 0 Å². The van der Waals surface area contributed by atoms with Crippen LogP contribution in [-0.2, 0) is 4.79 Å². The fourth-order valence-electron chi connectivity index (χ4n) is 0.759. The van der Waals surface area contributed by atoms with Crippen molar-refractivity contribution in [3.63, 3.8) is 0 Å². The maximum atomic E-state index is 10.4. The highest BCUT2D eigenvalue weighted by Gasteiger charge is 1.95. The molecule has 0 radical (unpaired) electrons. The van der Waals surface area contributed by atoms with Gasteiger partial charge in [0.25, 0.3) is 0 Å². The monoisotopic (exact) mass is 222 g/mol. The Kier molecular flexibility index (Phi) is 15.1. The van der Waals surface area contributed by atoms with Gasteiger partial charge in [-0.3, -0.25) is 0 Å². The summed E-state index contributed by atoms with van der Waals surface area (Å²) in [5.74, 6) is 1.06. The van der Waals surface area contributed by atoms with Crippen molar-refractivity contribution in [2.75, 3.05) is 12.5 Å². The number of carbonyl (C=O) groups is 1. The molecule has 1 nitrogen and oxygen atoms in total. The molecular formula is C10H22OS2. The molecule has 0 bridgehead atoms. The molecule has 0 aliphatic carbocycles. The molecule has 0 atom stereocenters. The van der Waals surface area contributed by atoms with Crippen molar-refractivity contribution in [2.24, 2.45) is 5.92 Å². The van der Waals surface area contributed by atoms with Gasteiger partial charge >= 0.3 is 0 Å². The van der Waals surface area contributed by atoms with Gasteiger partial charge in [0.05, 0.1) is 0 Å². The molecule has 13 heavy (non-hydrogen) atoms. The van der Waals surface area contributed by atoms with E-state index in [1.807, 2.05) is 0 Å². The van der Waals surface area contributed by atoms with E-state index in [1.165, 1.54) is 6.42 Å². The maximum Gasteiger partial charge on any atom is 0.129 e. The largest absolute Gasteiger partial charge is 0.300 e. The van der Waals surface area contributed by atoms with Gasteiger partial charge in [0, 0.05) is 6.42 Å². The Morgan fingerprint density at radius 2 is 1.69 bits per heavy atom. The van der Waals surface area contributed by atoms with E-state index in [0.717, 1.165) is 18.8 Å². The first-order valence-electron chi connectivity index (χ1n) is 4.60. The van der Waals surface area contributed by atoms with Crippen LogP contribution in [0, 0.1) is 5.92 Å². The van der Waals surface area contributed by atoms with Gasteiger partial charge in [-0.05, 0) is 31.8 Å². The van der Waals surface area contributed by atoms with Crippen molar-refractivity contribution in [1.82, 2.24) is 0 Å². The van der Waals surface area contributed by atoms with Crippen LogP contribution in [0.15, 0.2) is 0 Å². The van der Waals surface area contributed by atoms with E-state index in [4.69, 9.17) is 0 Å². The molecule has 0 rings (SSSR count). The summed E-state index contributed by atoms with van der Waals surface area (Å²) in [6.45, 7) is 6.01. The fourth-order valence-corrected chi connectivity index (χ4v) is 0.759. The Balaban J connectivity index is 0. The van der Waals surface area contributed by atoms with E-state index in [-0.39, 0.29) is 0 Å². The lowest BCUT2D eigenvalue weighted by atomic mass is 10.1. The third-order valence-electron chi connectivity index (χ3n) is 1.48. The number of carbonyl (C=O) groups excluding carboxylic acids is 1. The summed E-state index contributed by atoms with van der Waals surface area (Å²) in [5, 5.41) is 0. The van der Waals surface area contributed by atoms with E-state index < -0.39 is 0 Å². The Hall–Kier alpha value is 0.370. The first kappa shape index (κ1) is 15.8. The zero-order valence-corrected chi connectivity index (χ0v) is 11.1. The molecule has 0 aliphatic rings. The van der Waals surface area contributed by atoms with E-state index in [0.29, 0.717) is 5.78 Å². The Morgan fingerprint density at radius 3 is 1.92 bits per heavy atom. The van der Waals surface area contributed by atoms with Crippen LogP contribution in [-0.4, -0.2) is 18.3 Å². The molecular weight excluding hydrogens is 200 g/mol. The van der Waals surface area contributed by atoms with E-state index >= 15 is 0 Å². The molecule has 0 heterocycles. The molecule has 0 unspecified atom stereocenters. The first-order valence-corrected chi connectivity index (χ1v) is 7.57. The van der Waals surface area contributed by atoms with Gasteiger partial charge in [-0.15, -0.1) is 0 Å². The molecule has 0 aliphatic heterocycles. The number of ketones is 1. The first-order chi connectivity index (χ1) is 6.04. The highest BCUT2D eigenvalue weighted by atomic mass is 33.1. The van der Waals surface area contributed by atoms with Crippen LogP contribution in [0.25, 0.3) is 0 Å². The van der Waals surface area contributed by atoms with E-state index in [9.17, 15) is 4.79 Å². The normalized spacial score (nSPS) is 9.38. The summed E-state index contributed by atoms with van der Waals surface area (Å²) in [5.41, 5.74) is 0. The van der Waals surface area contributed by atoms with Gasteiger partial charge in [0.15, 0.2) is 0 Å². The molecule has 0 saturated heterocycles. The quantitative estimate of drug-likeness (QED) is 0.654. The molecule has 0 N–H and O–H groups in total. The van der Waals surface area contributed by atoms with Gasteiger partial charge in [0.1, 0.15) is 5.78 Å². The lowest BCUT2D eigenvalue weighted by molar-refractivity contribution is -0.117. The third kappa shape index (κ3) is 24.5. The lowest BCUT2D eigenvalue weighted by Gasteiger charge is -2.00. The Labute approximate surface area is 90.8 Å². The minimum absolute atomic E-state index is 0.315. The molecule has 0 saturated carbocycles. The van der Waals surface area contributed by atoms with Crippen LogP contribution in [0.1, 0.15) is 40.0 Å². The van der Waals surface area contributed by atoms with E-state index in [2.05, 4.69) is 26.4 Å². The minimum atomic E-state index is 0.315. The molecule has 0 aromatic rings. The topological polar surface area (TPSA) is 17.1 Å². The van der Waals surface area contributed by atoms with Crippen molar-refractivity contribution in [2.45, 2.75) is 40.0 Å². The predicted molar refractivity (Wildman–Crippen MR) is 66.4 cm³/mol. The highest BCUT2D eigenvalue weighted by Crippen LogP contribution is 2.09. The van der Waals surface area contributed by atoms with Gasteiger partial charge in [0.2, 0.25) is 0 Å². The minimum Gasteiger partial charge on any atom is -0.300 e. The molecule has 3 heteroatoms. The summed E-state index contributed by atoms with van der Waals surface area (Å²) in [6, 6.07) is 0. The fraction of sp³-hybridized carbons (Fsp3) is 0.900. The average molecular weight is 222 g/mol. The molecule has 0 amide bonds. The van der Waals surface area contributed by atoms with Crippen LogP contribution in [0.3, 0.4) is 0 Å². The summed E-state index contributed by atoms with van der Waals surface area (Å²) >= 11 is 0. The summed E-state index contributed by atoms with van der Waals surface area (Å²) in [4.78, 5) is 10.4. The van der Waals surface area contributed by atoms with Crippen molar-refractivity contribution in [3.8, 4) is 0 Å². The van der Waals surface area contributed by atoms with Crippen LogP contribution >= 0.6 is 21.6 Å². The standard InChI is InChI=1S/C8H16O.C2H6S2/c1-7(2)5-4-6-8(3)9;1-3-4-2/h7H,4-6H2,1-3H3;1-2H3. The molecule has 0 aromatic heterocycles. The van der Waals surface area contributed by atoms with Crippen molar-refractivity contribution >= 4 is 27.4 Å². The summed E-state index contributed by atoms with van der Waals surface area (Å²) in [7, 11) is 3.55. The smallest absolute Gasteiger partial charge is 0.129 e. The molecule has 80 valence electrons. The van der Waals surface area contributed by atoms with Gasteiger partial charge in [-0.2, -0.15) is 0 Å². The second-order valence-electron chi connectivity index (χ2n) is 3.32. The average Bonchev–Trinajstić information content (AvgIpc) is 2.03. The summed E-state index contributed by atoms with van der Waals surface area (Å²) in [6.07, 6.45) is 7.13. The molecule has 0 fully saturated rings. The van der Waals surface area contributed by atoms with Crippen LogP contribution in [0.5, 0.6) is 0 Å².